The molecule has 124 valence electrons. The van der Waals surface area contributed by atoms with Crippen molar-refractivity contribution < 1.29 is 18.9 Å². The lowest BCUT2D eigenvalue weighted by molar-refractivity contribution is -0.385. The van der Waals surface area contributed by atoms with Crippen molar-refractivity contribution in [2.75, 3.05) is 0 Å². The number of nitro groups is 1. The summed E-state index contributed by atoms with van der Waals surface area (Å²) in [6.07, 6.45) is -0.0545. The van der Waals surface area contributed by atoms with Gasteiger partial charge in [-0.15, -0.1) is 0 Å². The summed E-state index contributed by atoms with van der Waals surface area (Å²) < 4.78 is 13.0. The number of hydrogen-bond acceptors (Lipinski definition) is 4. The van der Waals surface area contributed by atoms with Crippen molar-refractivity contribution in [1.29, 1.82) is 0 Å². The molecule has 0 unspecified atom stereocenters. The summed E-state index contributed by atoms with van der Waals surface area (Å²) in [5, 5.41) is 10.8. The van der Waals surface area contributed by atoms with Crippen molar-refractivity contribution in [3.8, 4) is 0 Å². The molecule has 0 radical (unpaired) electrons. The van der Waals surface area contributed by atoms with Crippen LogP contribution in [0.3, 0.4) is 0 Å². The summed E-state index contributed by atoms with van der Waals surface area (Å²) in [5.41, 5.74) is 4.69. The standard InChI is InChI=1S/C15H11BrFN3O4/c16-12-6-3-10(8-13(12)20(23)24)15(22)19-18-14(21)7-9-1-4-11(17)5-2-9/h1-6,8H,7H2,(H,18,21)(H,19,22). The van der Waals surface area contributed by atoms with Crippen LogP contribution in [-0.2, 0) is 11.2 Å². The van der Waals surface area contributed by atoms with Crippen molar-refractivity contribution in [3.05, 3.63) is 74.0 Å². The molecule has 2 aromatic rings. The molecule has 2 N–H and O–H groups in total. The highest BCUT2D eigenvalue weighted by Gasteiger charge is 2.16. The van der Waals surface area contributed by atoms with Crippen molar-refractivity contribution in [3.63, 3.8) is 0 Å². The number of nitrogens with zero attached hydrogens (tertiary/aromatic N) is 1. The van der Waals surface area contributed by atoms with Crippen LogP contribution < -0.4 is 10.9 Å². The molecule has 0 aliphatic heterocycles. The predicted octanol–water partition coefficient (Wildman–Crippen LogP) is 2.50. The molecule has 2 aromatic carbocycles. The van der Waals surface area contributed by atoms with Crippen LogP contribution in [0.25, 0.3) is 0 Å². The van der Waals surface area contributed by atoms with Gasteiger partial charge in [-0.25, -0.2) is 4.39 Å². The molecule has 0 spiro atoms. The Bertz CT molecular complexity index is 796. The fourth-order valence-electron chi connectivity index (χ4n) is 1.82. The topological polar surface area (TPSA) is 101 Å². The Kier molecular flexibility index (Phi) is 5.59. The molecule has 0 aromatic heterocycles. The summed E-state index contributed by atoms with van der Waals surface area (Å²) in [5.74, 6) is -1.62. The molecule has 0 atom stereocenters. The highest BCUT2D eigenvalue weighted by Crippen LogP contribution is 2.25. The molecule has 7 nitrogen and oxygen atoms in total. The van der Waals surface area contributed by atoms with Gasteiger partial charge >= 0.3 is 0 Å². The molecule has 2 rings (SSSR count). The van der Waals surface area contributed by atoms with Gasteiger partial charge in [0.15, 0.2) is 0 Å². The number of hydrogen-bond donors (Lipinski definition) is 2. The van der Waals surface area contributed by atoms with Crippen molar-refractivity contribution >= 4 is 33.4 Å². The van der Waals surface area contributed by atoms with E-state index in [-0.39, 0.29) is 22.1 Å². The third-order valence-corrected chi connectivity index (χ3v) is 3.67. The molecule has 2 amide bonds. The Hall–Kier alpha value is -2.81. The molecule has 0 aliphatic rings. The van der Waals surface area contributed by atoms with Crippen LogP contribution in [-0.4, -0.2) is 16.7 Å². The van der Waals surface area contributed by atoms with Gasteiger partial charge in [0.25, 0.3) is 11.6 Å². The summed E-state index contributed by atoms with van der Waals surface area (Å²) in [6, 6.07) is 9.19. The molecular weight excluding hydrogens is 385 g/mol. The number of hydrazine groups is 1. The maximum Gasteiger partial charge on any atom is 0.284 e. The molecule has 24 heavy (non-hydrogen) atoms. The first-order valence-corrected chi connectivity index (χ1v) is 7.43. The Morgan fingerprint density at radius 1 is 1.12 bits per heavy atom. The quantitative estimate of drug-likeness (QED) is 0.613. The van der Waals surface area contributed by atoms with E-state index in [1.165, 1.54) is 36.4 Å². The van der Waals surface area contributed by atoms with Gasteiger partial charge < -0.3 is 0 Å². The average Bonchev–Trinajstić information content (AvgIpc) is 2.55. The minimum absolute atomic E-state index is 0.0204. The second-order valence-electron chi connectivity index (χ2n) is 4.73. The fourth-order valence-corrected chi connectivity index (χ4v) is 2.22. The Morgan fingerprint density at radius 3 is 2.42 bits per heavy atom. The number of rotatable bonds is 4. The van der Waals surface area contributed by atoms with Crippen molar-refractivity contribution in [2.45, 2.75) is 6.42 Å². The molecule has 0 aliphatic carbocycles. The van der Waals surface area contributed by atoms with Crippen LogP contribution in [0.1, 0.15) is 15.9 Å². The second kappa shape index (κ2) is 7.64. The first-order chi connectivity index (χ1) is 11.4. The van der Waals surface area contributed by atoms with E-state index in [1.807, 2.05) is 0 Å². The van der Waals surface area contributed by atoms with Crippen molar-refractivity contribution in [2.24, 2.45) is 0 Å². The highest BCUT2D eigenvalue weighted by atomic mass is 79.9. The molecule has 0 saturated carbocycles. The van der Waals surface area contributed by atoms with Crippen LogP contribution >= 0.6 is 15.9 Å². The Balaban J connectivity index is 1.95. The molecule has 9 heteroatoms. The van der Waals surface area contributed by atoms with Crippen molar-refractivity contribution in [1.82, 2.24) is 10.9 Å². The lowest BCUT2D eigenvalue weighted by Crippen LogP contribution is -2.42. The molecule has 0 bridgehead atoms. The number of carbonyl (C=O) groups excluding carboxylic acids is 2. The average molecular weight is 396 g/mol. The Labute approximate surface area is 144 Å². The van der Waals surface area contributed by atoms with Crippen LogP contribution in [0.5, 0.6) is 0 Å². The maximum atomic E-state index is 12.8. The number of amides is 2. The van der Waals surface area contributed by atoms with E-state index in [4.69, 9.17) is 0 Å². The van der Waals surface area contributed by atoms with Crippen LogP contribution in [0, 0.1) is 15.9 Å². The van der Waals surface area contributed by atoms with Gasteiger partial charge in [-0.3, -0.25) is 30.6 Å². The minimum Gasteiger partial charge on any atom is -0.273 e. The van der Waals surface area contributed by atoms with Gasteiger partial charge in [-0.1, -0.05) is 12.1 Å². The zero-order valence-electron chi connectivity index (χ0n) is 12.1. The second-order valence-corrected chi connectivity index (χ2v) is 5.58. The Morgan fingerprint density at radius 2 is 1.79 bits per heavy atom. The number of halogens is 2. The van der Waals surface area contributed by atoms with Crippen LogP contribution in [0.2, 0.25) is 0 Å². The number of carbonyl (C=O) groups is 2. The van der Waals surface area contributed by atoms with Crippen LogP contribution in [0.4, 0.5) is 10.1 Å². The van der Waals surface area contributed by atoms with Gasteiger partial charge in [0.1, 0.15) is 5.82 Å². The summed E-state index contributed by atoms with van der Waals surface area (Å²) >= 11 is 3.01. The molecule has 0 fully saturated rings. The lowest BCUT2D eigenvalue weighted by atomic mass is 10.1. The largest absolute Gasteiger partial charge is 0.284 e. The molecule has 0 heterocycles. The first-order valence-electron chi connectivity index (χ1n) is 6.64. The zero-order valence-corrected chi connectivity index (χ0v) is 13.7. The summed E-state index contributed by atoms with van der Waals surface area (Å²) in [7, 11) is 0. The fraction of sp³-hybridized carbons (Fsp3) is 0.0667. The first kappa shape index (κ1) is 17.5. The number of nitrogens with one attached hydrogen (secondary N) is 2. The van der Waals surface area contributed by atoms with E-state index in [9.17, 15) is 24.1 Å². The summed E-state index contributed by atoms with van der Waals surface area (Å²) in [4.78, 5) is 33.9. The molecule has 0 saturated heterocycles. The monoisotopic (exact) mass is 395 g/mol. The van der Waals surface area contributed by atoms with Gasteiger partial charge in [0.2, 0.25) is 5.91 Å². The van der Waals surface area contributed by atoms with E-state index < -0.39 is 22.6 Å². The highest BCUT2D eigenvalue weighted by molar-refractivity contribution is 9.10. The van der Waals surface area contributed by atoms with E-state index in [2.05, 4.69) is 26.8 Å². The maximum absolute atomic E-state index is 12.8. The number of benzene rings is 2. The summed E-state index contributed by atoms with van der Waals surface area (Å²) in [6.45, 7) is 0. The molecular formula is C15H11BrFN3O4. The third-order valence-electron chi connectivity index (χ3n) is 3.00. The van der Waals surface area contributed by atoms with E-state index >= 15 is 0 Å². The smallest absolute Gasteiger partial charge is 0.273 e. The zero-order chi connectivity index (χ0) is 17.7. The van der Waals surface area contributed by atoms with Gasteiger partial charge in [0.05, 0.1) is 15.8 Å². The minimum atomic E-state index is -0.696. The van der Waals surface area contributed by atoms with Crippen LogP contribution in [0.15, 0.2) is 46.9 Å². The normalized spacial score (nSPS) is 10.1. The third kappa shape index (κ3) is 4.59. The lowest BCUT2D eigenvalue weighted by Gasteiger charge is -2.08. The van der Waals surface area contributed by atoms with Gasteiger partial charge in [-0.2, -0.15) is 0 Å². The van der Waals surface area contributed by atoms with E-state index in [0.717, 1.165) is 6.07 Å². The van der Waals surface area contributed by atoms with E-state index in [0.29, 0.717) is 5.56 Å². The van der Waals surface area contributed by atoms with Gasteiger partial charge in [0, 0.05) is 11.6 Å². The van der Waals surface area contributed by atoms with Gasteiger partial charge in [-0.05, 0) is 45.8 Å². The predicted molar refractivity (Wildman–Crippen MR) is 86.5 cm³/mol. The SMILES string of the molecule is O=C(Cc1ccc(F)cc1)NNC(=O)c1ccc(Br)c([N+](=O)[O-])c1. The van der Waals surface area contributed by atoms with E-state index in [1.54, 1.807) is 0 Å². The number of nitro benzene ring substituents is 1.